The first-order valence-corrected chi connectivity index (χ1v) is 6.07. The summed E-state index contributed by atoms with van der Waals surface area (Å²) in [4.78, 5) is 11.4. The highest BCUT2D eigenvalue weighted by Crippen LogP contribution is 2.25. The van der Waals surface area contributed by atoms with Gasteiger partial charge in [0.2, 0.25) is 5.91 Å². The highest BCUT2D eigenvalue weighted by atomic mass is 19.4. The van der Waals surface area contributed by atoms with Crippen LogP contribution in [0.5, 0.6) is 5.75 Å². The van der Waals surface area contributed by atoms with Crippen LogP contribution in [0, 0.1) is 5.92 Å². The summed E-state index contributed by atoms with van der Waals surface area (Å²) >= 11 is 0. The van der Waals surface area contributed by atoms with Crippen LogP contribution in [0.1, 0.15) is 25.5 Å². The number of hydrogen-bond donors (Lipinski definition) is 2. The van der Waals surface area contributed by atoms with Gasteiger partial charge in [0.25, 0.3) is 0 Å². The molecule has 1 aromatic rings. The lowest BCUT2D eigenvalue weighted by molar-refractivity contribution is -0.274. The Morgan fingerprint density at radius 3 is 2.55 bits per heavy atom. The van der Waals surface area contributed by atoms with Gasteiger partial charge in [-0.15, -0.1) is 13.2 Å². The van der Waals surface area contributed by atoms with Crippen LogP contribution >= 0.6 is 0 Å². The molecule has 3 N–H and O–H groups in total. The molecule has 4 nitrogen and oxygen atoms in total. The van der Waals surface area contributed by atoms with E-state index in [2.05, 4.69) is 10.1 Å². The Kier molecular flexibility index (Phi) is 5.38. The fourth-order valence-electron chi connectivity index (χ4n) is 1.63. The third-order valence-electron chi connectivity index (χ3n) is 2.44. The van der Waals surface area contributed by atoms with E-state index in [-0.39, 0.29) is 11.7 Å². The van der Waals surface area contributed by atoms with Gasteiger partial charge in [-0.2, -0.15) is 0 Å². The number of rotatable bonds is 6. The number of carbonyl (C=O) groups is 1. The molecule has 0 saturated heterocycles. The van der Waals surface area contributed by atoms with Crippen LogP contribution in [-0.4, -0.2) is 18.8 Å². The fraction of sp³-hybridized carbons (Fsp3) is 0.462. The summed E-state index contributed by atoms with van der Waals surface area (Å²) in [7, 11) is 0. The van der Waals surface area contributed by atoms with Gasteiger partial charge in [0, 0.05) is 0 Å². The highest BCUT2D eigenvalue weighted by molar-refractivity contribution is 5.81. The largest absolute Gasteiger partial charge is 0.573 e. The molecule has 0 aliphatic carbocycles. The van der Waals surface area contributed by atoms with Crippen LogP contribution in [0.15, 0.2) is 24.3 Å². The average molecular weight is 290 g/mol. The Labute approximate surface area is 115 Å². The van der Waals surface area contributed by atoms with Gasteiger partial charge in [-0.1, -0.05) is 26.0 Å². The van der Waals surface area contributed by atoms with Gasteiger partial charge in [-0.25, -0.2) is 0 Å². The molecule has 1 aromatic carbocycles. The summed E-state index contributed by atoms with van der Waals surface area (Å²) in [6, 6.07) is 4.36. The minimum Gasteiger partial charge on any atom is -0.406 e. The van der Waals surface area contributed by atoms with Crippen LogP contribution in [-0.2, 0) is 4.79 Å². The standard InChI is InChI=1S/C13H17F3N2O2/c1-8(2)7-18-11(12(17)19)9-4-3-5-10(6-9)20-13(14,15)16/h3-6,8,11,18H,7H2,1-2H3,(H2,17,19). The van der Waals surface area contributed by atoms with Crippen LogP contribution in [0.4, 0.5) is 13.2 Å². The number of carbonyl (C=O) groups excluding carboxylic acids is 1. The van der Waals surface area contributed by atoms with Crippen molar-refractivity contribution in [1.29, 1.82) is 0 Å². The molecule has 1 unspecified atom stereocenters. The fourth-order valence-corrected chi connectivity index (χ4v) is 1.63. The lowest BCUT2D eigenvalue weighted by Crippen LogP contribution is -2.35. The topological polar surface area (TPSA) is 64.3 Å². The number of nitrogens with one attached hydrogen (secondary N) is 1. The number of nitrogens with two attached hydrogens (primary N) is 1. The predicted octanol–water partition coefficient (Wildman–Crippen LogP) is 2.36. The number of benzene rings is 1. The molecular formula is C13H17F3N2O2. The molecule has 0 saturated carbocycles. The van der Waals surface area contributed by atoms with Crippen molar-refractivity contribution in [3.63, 3.8) is 0 Å². The summed E-state index contributed by atoms with van der Waals surface area (Å²) < 4.78 is 40.3. The van der Waals surface area contributed by atoms with Crippen molar-refractivity contribution in [3.8, 4) is 5.75 Å². The Balaban J connectivity index is 2.91. The molecule has 0 bridgehead atoms. The Bertz CT molecular complexity index is 461. The molecule has 112 valence electrons. The van der Waals surface area contributed by atoms with Crippen molar-refractivity contribution >= 4 is 5.91 Å². The van der Waals surface area contributed by atoms with Gasteiger partial charge < -0.3 is 15.8 Å². The second-order valence-electron chi connectivity index (χ2n) is 4.76. The van der Waals surface area contributed by atoms with Crippen LogP contribution in [0.2, 0.25) is 0 Å². The van der Waals surface area contributed by atoms with Crippen molar-refractivity contribution in [3.05, 3.63) is 29.8 Å². The summed E-state index contributed by atoms with van der Waals surface area (Å²) in [6.45, 7) is 4.39. The average Bonchev–Trinajstić information content (AvgIpc) is 2.26. The van der Waals surface area contributed by atoms with Crippen molar-refractivity contribution in [1.82, 2.24) is 5.32 Å². The third kappa shape index (κ3) is 5.48. The Morgan fingerprint density at radius 1 is 1.40 bits per heavy atom. The smallest absolute Gasteiger partial charge is 0.406 e. The van der Waals surface area contributed by atoms with Gasteiger partial charge in [0.15, 0.2) is 0 Å². The molecule has 0 heterocycles. The van der Waals surface area contributed by atoms with E-state index in [9.17, 15) is 18.0 Å². The van der Waals surface area contributed by atoms with Crippen LogP contribution in [0.25, 0.3) is 0 Å². The van der Waals surface area contributed by atoms with Gasteiger partial charge in [0.05, 0.1) is 0 Å². The van der Waals surface area contributed by atoms with Crippen LogP contribution in [0.3, 0.4) is 0 Å². The first kappa shape index (κ1) is 16.3. The molecule has 0 aliphatic heterocycles. The quantitative estimate of drug-likeness (QED) is 0.845. The molecule has 1 atom stereocenters. The molecule has 7 heteroatoms. The molecule has 1 rings (SSSR count). The van der Waals surface area contributed by atoms with E-state index in [1.54, 1.807) is 0 Å². The zero-order chi connectivity index (χ0) is 15.3. The second-order valence-corrected chi connectivity index (χ2v) is 4.76. The maximum absolute atomic E-state index is 12.2. The number of primary amides is 1. The summed E-state index contributed by atoms with van der Waals surface area (Å²) in [5.74, 6) is -0.770. The minimum atomic E-state index is -4.77. The number of amides is 1. The van der Waals surface area contributed by atoms with Gasteiger partial charge in [-0.05, 0) is 30.2 Å². The van der Waals surface area contributed by atoms with Crippen molar-refractivity contribution in [2.45, 2.75) is 26.3 Å². The lowest BCUT2D eigenvalue weighted by Gasteiger charge is -2.18. The van der Waals surface area contributed by atoms with Crippen molar-refractivity contribution < 1.29 is 22.7 Å². The lowest BCUT2D eigenvalue weighted by atomic mass is 10.1. The molecule has 0 radical (unpaired) electrons. The maximum atomic E-state index is 12.2. The van der Waals surface area contributed by atoms with Crippen molar-refractivity contribution in [2.24, 2.45) is 11.7 Å². The number of ether oxygens (including phenoxy) is 1. The third-order valence-corrected chi connectivity index (χ3v) is 2.44. The predicted molar refractivity (Wildman–Crippen MR) is 67.9 cm³/mol. The first-order chi connectivity index (χ1) is 9.19. The molecule has 0 aromatic heterocycles. The van der Waals surface area contributed by atoms with E-state index in [0.717, 1.165) is 12.1 Å². The number of hydrogen-bond acceptors (Lipinski definition) is 3. The van der Waals surface area contributed by atoms with E-state index < -0.39 is 18.3 Å². The number of alkyl halides is 3. The van der Waals surface area contributed by atoms with Crippen LogP contribution < -0.4 is 15.8 Å². The summed E-state index contributed by atoms with van der Waals surface area (Å²) in [6.07, 6.45) is -4.77. The normalized spacial score (nSPS) is 13.3. The highest BCUT2D eigenvalue weighted by Gasteiger charge is 2.31. The molecular weight excluding hydrogens is 273 g/mol. The summed E-state index contributed by atoms with van der Waals surface area (Å²) in [5, 5.41) is 2.91. The van der Waals surface area contributed by atoms with Gasteiger partial charge in [-0.3, -0.25) is 4.79 Å². The van der Waals surface area contributed by atoms with Crippen molar-refractivity contribution in [2.75, 3.05) is 6.54 Å². The number of halogens is 3. The molecule has 0 aliphatic rings. The van der Waals surface area contributed by atoms with E-state index >= 15 is 0 Å². The van der Waals surface area contributed by atoms with E-state index in [1.165, 1.54) is 12.1 Å². The monoisotopic (exact) mass is 290 g/mol. The molecule has 0 fully saturated rings. The zero-order valence-electron chi connectivity index (χ0n) is 11.2. The van der Waals surface area contributed by atoms with E-state index in [4.69, 9.17) is 5.73 Å². The first-order valence-electron chi connectivity index (χ1n) is 6.07. The zero-order valence-corrected chi connectivity index (χ0v) is 11.2. The maximum Gasteiger partial charge on any atom is 0.573 e. The molecule has 0 spiro atoms. The summed E-state index contributed by atoms with van der Waals surface area (Å²) in [5.41, 5.74) is 5.60. The molecule has 20 heavy (non-hydrogen) atoms. The molecule has 1 amide bonds. The van der Waals surface area contributed by atoms with E-state index in [0.29, 0.717) is 12.1 Å². The second kappa shape index (κ2) is 6.60. The Morgan fingerprint density at radius 2 is 2.05 bits per heavy atom. The van der Waals surface area contributed by atoms with E-state index in [1.807, 2.05) is 13.8 Å². The van der Waals surface area contributed by atoms with Gasteiger partial charge in [0.1, 0.15) is 11.8 Å². The van der Waals surface area contributed by atoms with Gasteiger partial charge >= 0.3 is 6.36 Å². The SMILES string of the molecule is CC(C)CNC(C(N)=O)c1cccc(OC(F)(F)F)c1. The minimum absolute atomic E-state index is 0.270. The Hall–Kier alpha value is -1.76.